The van der Waals surface area contributed by atoms with Crippen molar-refractivity contribution in [3.05, 3.63) is 0 Å². The molecule has 0 saturated carbocycles. The minimum atomic E-state index is -2.55. The van der Waals surface area contributed by atoms with Crippen molar-refractivity contribution in [1.29, 1.82) is 0 Å². The van der Waals surface area contributed by atoms with E-state index in [1.54, 1.807) is 0 Å². The topological polar surface area (TPSA) is 34.1 Å². The fourth-order valence-electron chi connectivity index (χ4n) is 0.288. The number of halogens is 2. The minimum absolute atomic E-state index is 0.0961. The van der Waals surface area contributed by atoms with Crippen LogP contribution in [-0.2, 0) is 9.36 Å². The van der Waals surface area contributed by atoms with Crippen molar-refractivity contribution in [3.8, 4) is 0 Å². The van der Waals surface area contributed by atoms with Gasteiger partial charge in [-0.1, -0.05) is 11.2 Å². The summed E-state index contributed by atoms with van der Waals surface area (Å²) in [6.45, 7) is -1.14. The lowest BCUT2D eigenvalue weighted by atomic mass is 10.6. The minimum Gasteiger partial charge on any atom is -0.307 e. The summed E-state index contributed by atoms with van der Waals surface area (Å²) in [6.07, 6.45) is 0.287. The molecule has 0 aromatic rings. The predicted octanol–water partition coefficient (Wildman–Crippen LogP) is 2.29. The standard InChI is InChI=1S/C4H7Cl2O2P/c1-9(6,8)3-2-4(5)7/h2-3H2,1H3. The van der Waals surface area contributed by atoms with Gasteiger partial charge in [0.05, 0.1) is 0 Å². The predicted molar refractivity (Wildman–Crippen MR) is 39.7 cm³/mol. The first-order valence-electron chi connectivity index (χ1n) is 2.36. The van der Waals surface area contributed by atoms with Gasteiger partial charge in [0, 0.05) is 19.2 Å². The third-order valence-corrected chi connectivity index (χ3v) is 2.43. The summed E-state index contributed by atoms with van der Waals surface area (Å²) in [5.74, 6) is 0. The van der Waals surface area contributed by atoms with Crippen LogP contribution in [0.25, 0.3) is 0 Å². The Bertz CT molecular complexity index is 151. The number of hydrogen-bond donors (Lipinski definition) is 0. The van der Waals surface area contributed by atoms with Crippen LogP contribution in [0.4, 0.5) is 0 Å². The number of rotatable bonds is 3. The molecule has 5 heteroatoms. The number of hydrogen-bond acceptors (Lipinski definition) is 2. The lowest BCUT2D eigenvalue weighted by molar-refractivity contribution is -0.111. The second-order valence-corrected chi connectivity index (χ2v) is 6.80. The van der Waals surface area contributed by atoms with Crippen LogP contribution in [0, 0.1) is 0 Å². The fraction of sp³-hybridized carbons (Fsp3) is 0.750. The molecule has 0 aromatic heterocycles. The summed E-state index contributed by atoms with van der Waals surface area (Å²) in [4.78, 5) is 10.1. The van der Waals surface area contributed by atoms with Gasteiger partial charge in [0.2, 0.25) is 5.24 Å². The van der Waals surface area contributed by atoms with Gasteiger partial charge in [-0.05, 0) is 11.6 Å². The van der Waals surface area contributed by atoms with E-state index in [4.69, 9.17) is 22.8 Å². The lowest BCUT2D eigenvalue weighted by Crippen LogP contribution is -1.89. The van der Waals surface area contributed by atoms with Crippen molar-refractivity contribution >= 4 is 34.6 Å². The normalized spacial score (nSPS) is 16.8. The van der Waals surface area contributed by atoms with E-state index in [0.29, 0.717) is 0 Å². The summed E-state index contributed by atoms with van der Waals surface area (Å²) < 4.78 is 10.7. The van der Waals surface area contributed by atoms with E-state index >= 15 is 0 Å². The molecule has 0 aromatic carbocycles. The Hall–Kier alpha value is 0.480. The first kappa shape index (κ1) is 9.48. The summed E-state index contributed by atoms with van der Waals surface area (Å²) in [5, 5.41) is -0.488. The first-order valence-corrected chi connectivity index (χ1v) is 5.98. The molecule has 0 fully saturated rings. The molecule has 0 aliphatic rings. The Morgan fingerprint density at radius 2 is 2.11 bits per heavy atom. The zero-order valence-electron chi connectivity index (χ0n) is 4.93. The van der Waals surface area contributed by atoms with Gasteiger partial charge in [-0.25, -0.2) is 0 Å². The van der Waals surface area contributed by atoms with E-state index in [2.05, 4.69) is 0 Å². The highest BCUT2D eigenvalue weighted by molar-refractivity contribution is 7.88. The van der Waals surface area contributed by atoms with E-state index in [1.165, 1.54) is 6.66 Å². The zero-order chi connectivity index (χ0) is 7.49. The van der Waals surface area contributed by atoms with E-state index in [9.17, 15) is 9.36 Å². The van der Waals surface area contributed by atoms with Crippen LogP contribution in [0.5, 0.6) is 0 Å². The monoisotopic (exact) mass is 188 g/mol. The van der Waals surface area contributed by atoms with E-state index in [-0.39, 0.29) is 12.6 Å². The highest BCUT2D eigenvalue weighted by Crippen LogP contribution is 2.47. The molecule has 0 aliphatic carbocycles. The van der Waals surface area contributed by atoms with Crippen LogP contribution in [0.3, 0.4) is 0 Å². The van der Waals surface area contributed by atoms with Crippen LogP contribution in [-0.4, -0.2) is 18.1 Å². The molecule has 0 aliphatic heterocycles. The van der Waals surface area contributed by atoms with Crippen molar-refractivity contribution < 1.29 is 9.36 Å². The highest BCUT2D eigenvalue weighted by Gasteiger charge is 2.11. The molecule has 0 saturated heterocycles. The van der Waals surface area contributed by atoms with Gasteiger partial charge in [0.1, 0.15) is 0 Å². The molecule has 0 rings (SSSR count). The zero-order valence-corrected chi connectivity index (χ0v) is 7.34. The molecule has 0 radical (unpaired) electrons. The van der Waals surface area contributed by atoms with Crippen molar-refractivity contribution in [1.82, 2.24) is 0 Å². The smallest absolute Gasteiger partial charge is 0.222 e. The van der Waals surface area contributed by atoms with E-state index in [0.717, 1.165) is 0 Å². The fourth-order valence-corrected chi connectivity index (χ4v) is 1.37. The van der Waals surface area contributed by atoms with Crippen LogP contribution in [0.1, 0.15) is 6.42 Å². The van der Waals surface area contributed by atoms with Crippen molar-refractivity contribution in [2.75, 3.05) is 12.8 Å². The molecule has 1 unspecified atom stereocenters. The maximum absolute atomic E-state index is 10.7. The van der Waals surface area contributed by atoms with Gasteiger partial charge in [0.25, 0.3) is 0 Å². The van der Waals surface area contributed by atoms with Gasteiger partial charge in [0.15, 0.2) is 6.49 Å². The van der Waals surface area contributed by atoms with Crippen LogP contribution in [0.2, 0.25) is 0 Å². The summed E-state index contributed by atoms with van der Waals surface area (Å²) in [5.41, 5.74) is 0. The average Bonchev–Trinajstić information content (AvgIpc) is 1.59. The summed E-state index contributed by atoms with van der Waals surface area (Å²) in [6, 6.07) is 0. The molecule has 0 N–H and O–H groups in total. The Labute approximate surface area is 63.7 Å². The number of carbonyl (C=O) groups excluding carboxylic acids is 1. The van der Waals surface area contributed by atoms with Gasteiger partial charge in [-0.2, -0.15) is 0 Å². The molecule has 54 valence electrons. The second kappa shape index (κ2) is 3.60. The van der Waals surface area contributed by atoms with Crippen molar-refractivity contribution in [2.24, 2.45) is 0 Å². The maximum atomic E-state index is 10.7. The summed E-state index contributed by atoms with van der Waals surface area (Å²) in [7, 11) is 0. The largest absolute Gasteiger partial charge is 0.307 e. The molecule has 2 nitrogen and oxygen atoms in total. The summed E-state index contributed by atoms with van der Waals surface area (Å²) >= 11 is 10.3. The van der Waals surface area contributed by atoms with Crippen LogP contribution >= 0.6 is 29.3 Å². The Kier molecular flexibility index (Phi) is 3.79. The van der Waals surface area contributed by atoms with Crippen LogP contribution < -0.4 is 0 Å². The third-order valence-electron chi connectivity index (χ3n) is 0.708. The Balaban J connectivity index is 3.53. The Morgan fingerprint density at radius 3 is 2.22 bits per heavy atom. The molecular weight excluding hydrogens is 182 g/mol. The quantitative estimate of drug-likeness (QED) is 0.504. The highest BCUT2D eigenvalue weighted by atomic mass is 35.7. The number of carbonyl (C=O) groups is 1. The van der Waals surface area contributed by atoms with Gasteiger partial charge < -0.3 is 4.57 Å². The third kappa shape index (κ3) is 8.48. The van der Waals surface area contributed by atoms with E-state index in [1.807, 2.05) is 0 Å². The second-order valence-electron chi connectivity index (χ2n) is 1.81. The van der Waals surface area contributed by atoms with Gasteiger partial charge in [-0.15, -0.1) is 0 Å². The molecule has 0 amide bonds. The molecule has 1 atom stereocenters. The SMILES string of the molecule is CP(=O)(Cl)CCC(=O)Cl. The first-order chi connectivity index (χ1) is 3.92. The average molecular weight is 189 g/mol. The molecule has 9 heavy (non-hydrogen) atoms. The molecule has 0 spiro atoms. The van der Waals surface area contributed by atoms with Crippen molar-refractivity contribution in [3.63, 3.8) is 0 Å². The Morgan fingerprint density at radius 1 is 1.67 bits per heavy atom. The van der Waals surface area contributed by atoms with E-state index < -0.39 is 11.7 Å². The van der Waals surface area contributed by atoms with Crippen molar-refractivity contribution in [2.45, 2.75) is 6.42 Å². The maximum Gasteiger partial charge on any atom is 0.222 e. The van der Waals surface area contributed by atoms with Gasteiger partial charge in [-0.3, -0.25) is 4.79 Å². The molecular formula is C4H7Cl2O2P. The van der Waals surface area contributed by atoms with Gasteiger partial charge >= 0.3 is 0 Å². The van der Waals surface area contributed by atoms with Crippen LogP contribution in [0.15, 0.2) is 0 Å². The molecule has 0 heterocycles. The lowest BCUT2D eigenvalue weighted by Gasteiger charge is -1.98. The molecule has 0 bridgehead atoms.